The van der Waals surface area contributed by atoms with Crippen molar-refractivity contribution in [2.24, 2.45) is 0 Å². The van der Waals surface area contributed by atoms with Gasteiger partial charge < -0.3 is 10.1 Å². The van der Waals surface area contributed by atoms with E-state index >= 15 is 0 Å². The van der Waals surface area contributed by atoms with Crippen LogP contribution < -0.4 is 15.4 Å². The first-order valence-corrected chi connectivity index (χ1v) is 7.88. The van der Waals surface area contributed by atoms with E-state index in [1.165, 1.54) is 24.3 Å². The number of hydrogen-bond acceptors (Lipinski definition) is 5. The molecule has 0 saturated carbocycles. The van der Waals surface area contributed by atoms with Crippen molar-refractivity contribution in [1.29, 1.82) is 0 Å². The van der Waals surface area contributed by atoms with E-state index in [2.05, 4.69) is 26.6 Å². The number of carbonyl (C=O) groups excluding carboxylic acids is 1. The Morgan fingerprint density at radius 1 is 1.17 bits per heavy atom. The summed E-state index contributed by atoms with van der Waals surface area (Å²) in [6.45, 7) is -0.191. The second-order valence-electron chi connectivity index (χ2n) is 4.55. The first-order valence-electron chi connectivity index (χ1n) is 6.68. The molecule has 2 aromatic carbocycles. The number of non-ortho nitro benzene ring substituents is 1. The Labute approximate surface area is 151 Å². The number of nitro benzene ring substituents is 1. The fourth-order valence-electron chi connectivity index (χ4n) is 1.67. The van der Waals surface area contributed by atoms with Gasteiger partial charge in [-0.3, -0.25) is 20.2 Å². The third-order valence-corrected chi connectivity index (χ3v) is 3.51. The summed E-state index contributed by atoms with van der Waals surface area (Å²) in [6, 6.07) is 12.7. The van der Waals surface area contributed by atoms with Gasteiger partial charge in [-0.2, -0.15) is 0 Å². The second kappa shape index (κ2) is 8.37. The van der Waals surface area contributed by atoms with Crippen LogP contribution in [0, 0.1) is 10.1 Å². The molecule has 2 rings (SSSR count). The lowest BCUT2D eigenvalue weighted by molar-refractivity contribution is -0.384. The van der Waals surface area contributed by atoms with Crippen molar-refractivity contribution >= 4 is 50.5 Å². The molecule has 9 heteroatoms. The number of nitrogens with one attached hydrogen (secondary N) is 2. The summed E-state index contributed by atoms with van der Waals surface area (Å²) >= 11 is 8.31. The zero-order valence-corrected chi connectivity index (χ0v) is 14.6. The summed E-state index contributed by atoms with van der Waals surface area (Å²) in [4.78, 5) is 21.8. The number of ether oxygens (including phenoxy) is 1. The molecule has 0 unspecified atom stereocenters. The molecule has 124 valence electrons. The van der Waals surface area contributed by atoms with Crippen LogP contribution in [-0.2, 0) is 4.79 Å². The molecule has 0 aromatic heterocycles. The molecule has 0 bridgehead atoms. The number of anilines is 1. The van der Waals surface area contributed by atoms with E-state index in [0.29, 0.717) is 11.4 Å². The molecular formula is C15H12BrN3O4S. The molecule has 0 spiro atoms. The highest BCUT2D eigenvalue weighted by Crippen LogP contribution is 2.16. The van der Waals surface area contributed by atoms with Crippen LogP contribution in [0.2, 0.25) is 0 Å². The standard InChI is InChI=1S/C15H12BrN3O4S/c16-10-1-7-13(8-2-10)23-9-14(20)18-15(24)17-11-3-5-12(6-4-11)19(21)22/h1-8H,9H2,(H2,17,18,20,24). The number of nitrogens with zero attached hydrogens (tertiary/aromatic N) is 1. The molecule has 0 aliphatic rings. The Kier molecular flexibility index (Phi) is 6.21. The lowest BCUT2D eigenvalue weighted by Gasteiger charge is -2.10. The molecule has 0 atom stereocenters. The highest BCUT2D eigenvalue weighted by molar-refractivity contribution is 9.10. The van der Waals surface area contributed by atoms with E-state index in [1.807, 2.05) is 0 Å². The zero-order chi connectivity index (χ0) is 17.5. The first-order chi connectivity index (χ1) is 11.4. The molecule has 0 fully saturated rings. The molecule has 24 heavy (non-hydrogen) atoms. The Hall–Kier alpha value is -2.52. The molecule has 2 N–H and O–H groups in total. The van der Waals surface area contributed by atoms with E-state index in [1.54, 1.807) is 24.3 Å². The fourth-order valence-corrected chi connectivity index (χ4v) is 2.17. The number of hydrogen-bond donors (Lipinski definition) is 2. The lowest BCUT2D eigenvalue weighted by Crippen LogP contribution is -2.37. The Morgan fingerprint density at radius 3 is 2.38 bits per heavy atom. The Bertz CT molecular complexity index is 750. The summed E-state index contributed by atoms with van der Waals surface area (Å²) in [7, 11) is 0. The molecule has 1 amide bonds. The quantitative estimate of drug-likeness (QED) is 0.447. The number of amides is 1. The van der Waals surface area contributed by atoms with E-state index in [9.17, 15) is 14.9 Å². The van der Waals surface area contributed by atoms with Crippen LogP contribution in [0.5, 0.6) is 5.75 Å². The Balaban J connectivity index is 1.79. The van der Waals surface area contributed by atoms with Crippen molar-refractivity contribution in [3.05, 3.63) is 63.1 Å². The maximum absolute atomic E-state index is 11.8. The van der Waals surface area contributed by atoms with Crippen molar-refractivity contribution in [1.82, 2.24) is 5.32 Å². The van der Waals surface area contributed by atoms with Crippen molar-refractivity contribution in [3.8, 4) is 5.75 Å². The summed E-state index contributed by atoms with van der Waals surface area (Å²) < 4.78 is 6.23. The highest BCUT2D eigenvalue weighted by atomic mass is 79.9. The third kappa shape index (κ3) is 5.60. The average molecular weight is 410 g/mol. The molecule has 0 radical (unpaired) electrons. The van der Waals surface area contributed by atoms with Gasteiger partial charge in [-0.15, -0.1) is 0 Å². The Morgan fingerprint density at radius 2 is 1.79 bits per heavy atom. The first kappa shape index (κ1) is 17.8. The molecule has 0 saturated heterocycles. The van der Waals surface area contributed by atoms with Gasteiger partial charge in [-0.25, -0.2) is 0 Å². The average Bonchev–Trinajstić information content (AvgIpc) is 2.54. The fraction of sp³-hybridized carbons (Fsp3) is 0.0667. The number of benzene rings is 2. The van der Waals surface area contributed by atoms with Gasteiger partial charge in [0.05, 0.1) is 4.92 Å². The minimum Gasteiger partial charge on any atom is -0.484 e. The van der Waals surface area contributed by atoms with Crippen LogP contribution in [-0.4, -0.2) is 22.5 Å². The molecule has 0 aliphatic carbocycles. The normalized spacial score (nSPS) is 9.88. The van der Waals surface area contributed by atoms with Crippen LogP contribution >= 0.6 is 28.1 Å². The van der Waals surface area contributed by atoms with E-state index in [4.69, 9.17) is 17.0 Å². The minimum atomic E-state index is -0.497. The predicted octanol–water partition coefficient (Wildman–Crippen LogP) is 3.25. The van der Waals surface area contributed by atoms with Gasteiger partial charge in [-0.1, -0.05) is 15.9 Å². The SMILES string of the molecule is O=C(COc1ccc(Br)cc1)NC(=S)Nc1ccc([N+](=O)[O-])cc1. The molecule has 2 aromatic rings. The summed E-state index contributed by atoms with van der Waals surface area (Å²) in [6.07, 6.45) is 0. The zero-order valence-electron chi connectivity index (χ0n) is 12.2. The third-order valence-electron chi connectivity index (χ3n) is 2.77. The lowest BCUT2D eigenvalue weighted by atomic mass is 10.3. The molecule has 0 heterocycles. The maximum Gasteiger partial charge on any atom is 0.269 e. The van der Waals surface area contributed by atoms with Gasteiger partial charge in [-0.05, 0) is 48.6 Å². The molecule has 7 nitrogen and oxygen atoms in total. The highest BCUT2D eigenvalue weighted by Gasteiger charge is 2.08. The van der Waals surface area contributed by atoms with Gasteiger partial charge in [0.2, 0.25) is 0 Å². The number of thiocarbonyl (C=S) groups is 1. The van der Waals surface area contributed by atoms with E-state index in [-0.39, 0.29) is 17.4 Å². The predicted molar refractivity (Wildman–Crippen MR) is 97.1 cm³/mol. The number of rotatable bonds is 5. The van der Waals surface area contributed by atoms with Crippen molar-refractivity contribution in [3.63, 3.8) is 0 Å². The summed E-state index contributed by atoms with van der Waals surface area (Å²) in [5.74, 6) is 0.139. The molecule has 0 aliphatic heterocycles. The van der Waals surface area contributed by atoms with E-state index in [0.717, 1.165) is 4.47 Å². The van der Waals surface area contributed by atoms with Crippen molar-refractivity contribution in [2.45, 2.75) is 0 Å². The number of halogens is 1. The van der Waals surface area contributed by atoms with Crippen molar-refractivity contribution in [2.75, 3.05) is 11.9 Å². The van der Waals surface area contributed by atoms with Gasteiger partial charge >= 0.3 is 0 Å². The second-order valence-corrected chi connectivity index (χ2v) is 5.87. The van der Waals surface area contributed by atoms with Crippen LogP contribution in [0.25, 0.3) is 0 Å². The van der Waals surface area contributed by atoms with Gasteiger partial charge in [0, 0.05) is 22.3 Å². The molecular weight excluding hydrogens is 398 g/mol. The van der Waals surface area contributed by atoms with Gasteiger partial charge in [0.15, 0.2) is 11.7 Å². The van der Waals surface area contributed by atoms with E-state index < -0.39 is 10.8 Å². The summed E-state index contributed by atoms with van der Waals surface area (Å²) in [5, 5.41) is 15.9. The summed E-state index contributed by atoms with van der Waals surface area (Å²) in [5.41, 5.74) is 0.498. The van der Waals surface area contributed by atoms with Crippen molar-refractivity contribution < 1.29 is 14.5 Å². The maximum atomic E-state index is 11.8. The van der Waals surface area contributed by atoms with Crippen LogP contribution in [0.4, 0.5) is 11.4 Å². The largest absolute Gasteiger partial charge is 0.484 e. The van der Waals surface area contributed by atoms with Gasteiger partial charge in [0.1, 0.15) is 5.75 Å². The number of nitro groups is 1. The van der Waals surface area contributed by atoms with Crippen LogP contribution in [0.3, 0.4) is 0 Å². The topological polar surface area (TPSA) is 93.5 Å². The van der Waals surface area contributed by atoms with Gasteiger partial charge in [0.25, 0.3) is 11.6 Å². The van der Waals surface area contributed by atoms with Crippen LogP contribution in [0.15, 0.2) is 53.0 Å². The minimum absolute atomic E-state index is 0.0293. The monoisotopic (exact) mass is 409 g/mol. The smallest absolute Gasteiger partial charge is 0.269 e. The number of carbonyl (C=O) groups is 1. The van der Waals surface area contributed by atoms with Crippen LogP contribution in [0.1, 0.15) is 0 Å².